The van der Waals surface area contributed by atoms with Crippen molar-refractivity contribution in [1.29, 1.82) is 0 Å². The van der Waals surface area contributed by atoms with Crippen molar-refractivity contribution < 1.29 is 14.3 Å². The summed E-state index contributed by atoms with van der Waals surface area (Å²) in [7, 11) is 0. The number of carbonyl (C=O) groups is 2. The van der Waals surface area contributed by atoms with Crippen molar-refractivity contribution in [2.75, 3.05) is 18.8 Å². The van der Waals surface area contributed by atoms with Crippen LogP contribution in [-0.4, -0.2) is 30.7 Å². The fraction of sp³-hybridized carbons (Fsp3) is 0.429. The Labute approximate surface area is 129 Å². The molecule has 0 spiro atoms. The van der Waals surface area contributed by atoms with E-state index in [1.165, 1.54) is 6.07 Å². The highest BCUT2D eigenvalue weighted by atomic mass is 35.5. The summed E-state index contributed by atoms with van der Waals surface area (Å²) in [4.78, 5) is 23.2. The molecule has 0 aliphatic rings. The molecule has 0 saturated heterocycles. The van der Waals surface area contributed by atoms with Crippen LogP contribution in [0.2, 0.25) is 5.02 Å². The van der Waals surface area contributed by atoms with Gasteiger partial charge in [0, 0.05) is 18.7 Å². The van der Waals surface area contributed by atoms with E-state index in [1.807, 2.05) is 0 Å². The minimum Gasteiger partial charge on any atom is -0.444 e. The van der Waals surface area contributed by atoms with Crippen molar-refractivity contribution in [2.24, 2.45) is 0 Å². The lowest BCUT2D eigenvalue weighted by Gasteiger charge is -2.19. The Morgan fingerprint density at radius 1 is 1.24 bits per heavy atom. The summed E-state index contributed by atoms with van der Waals surface area (Å²) < 4.78 is 5.06. The summed E-state index contributed by atoms with van der Waals surface area (Å²) in [6.45, 7) is 5.88. The monoisotopic (exact) mass is 313 g/mol. The number of ether oxygens (including phenoxy) is 1. The molecule has 1 rings (SSSR count). The average Bonchev–Trinajstić information content (AvgIpc) is 2.35. The largest absolute Gasteiger partial charge is 0.444 e. The first-order valence-corrected chi connectivity index (χ1v) is 6.87. The van der Waals surface area contributed by atoms with E-state index >= 15 is 0 Å². The van der Waals surface area contributed by atoms with Crippen LogP contribution in [0.1, 0.15) is 31.1 Å². The molecule has 0 saturated carbocycles. The number of hydrogen-bond donors (Lipinski definition) is 3. The Balaban J connectivity index is 2.34. The van der Waals surface area contributed by atoms with Crippen LogP contribution in [-0.2, 0) is 4.74 Å². The van der Waals surface area contributed by atoms with Gasteiger partial charge in [0.25, 0.3) is 5.91 Å². The van der Waals surface area contributed by atoms with Gasteiger partial charge in [0.2, 0.25) is 0 Å². The van der Waals surface area contributed by atoms with Gasteiger partial charge in [-0.3, -0.25) is 4.79 Å². The zero-order chi connectivity index (χ0) is 16.0. The molecule has 0 fully saturated rings. The molecule has 0 atom stereocenters. The number of hydrogen-bond acceptors (Lipinski definition) is 4. The number of benzene rings is 1. The number of nitrogen functional groups attached to an aromatic ring is 1. The molecule has 0 aromatic heterocycles. The molecular formula is C14H20ClN3O3. The third kappa shape index (κ3) is 6.35. The summed E-state index contributed by atoms with van der Waals surface area (Å²) in [5.41, 5.74) is 5.85. The van der Waals surface area contributed by atoms with Gasteiger partial charge in [-0.05, 0) is 39.0 Å². The highest BCUT2D eigenvalue weighted by Crippen LogP contribution is 2.19. The summed E-state index contributed by atoms with van der Waals surface area (Å²) in [5.74, 6) is -0.289. The second kappa shape index (κ2) is 7.17. The molecule has 116 valence electrons. The lowest BCUT2D eigenvalue weighted by atomic mass is 10.2. The van der Waals surface area contributed by atoms with Crippen molar-refractivity contribution >= 4 is 29.3 Å². The Kier molecular flexibility index (Phi) is 5.84. The number of nitrogens with two attached hydrogens (primary N) is 1. The molecule has 0 heterocycles. The number of anilines is 1. The van der Waals surface area contributed by atoms with Crippen LogP contribution in [0, 0.1) is 0 Å². The number of nitrogens with one attached hydrogen (secondary N) is 2. The van der Waals surface area contributed by atoms with Gasteiger partial charge < -0.3 is 21.1 Å². The number of alkyl carbamates (subject to hydrolysis) is 1. The van der Waals surface area contributed by atoms with Crippen LogP contribution in [0.5, 0.6) is 0 Å². The van der Waals surface area contributed by atoms with Crippen LogP contribution in [0.4, 0.5) is 10.5 Å². The van der Waals surface area contributed by atoms with Gasteiger partial charge in [-0.1, -0.05) is 11.6 Å². The van der Waals surface area contributed by atoms with E-state index in [9.17, 15) is 9.59 Å². The van der Waals surface area contributed by atoms with Crippen molar-refractivity contribution in [3.8, 4) is 0 Å². The quantitative estimate of drug-likeness (QED) is 0.586. The fourth-order valence-corrected chi connectivity index (χ4v) is 1.61. The zero-order valence-corrected chi connectivity index (χ0v) is 13.1. The fourth-order valence-electron chi connectivity index (χ4n) is 1.43. The molecule has 0 radical (unpaired) electrons. The molecule has 0 aliphatic heterocycles. The van der Waals surface area contributed by atoms with E-state index in [2.05, 4.69) is 10.6 Å². The van der Waals surface area contributed by atoms with Crippen molar-refractivity contribution in [1.82, 2.24) is 10.6 Å². The molecule has 21 heavy (non-hydrogen) atoms. The standard InChI is InChI=1S/C14H20ClN3O3/c1-14(2,3)21-13(20)18-7-6-17-12(19)9-4-5-11(16)10(15)8-9/h4-5,8H,6-7,16H2,1-3H3,(H,17,19)(H,18,20). The third-order valence-electron chi connectivity index (χ3n) is 2.34. The van der Waals surface area contributed by atoms with Crippen LogP contribution >= 0.6 is 11.6 Å². The molecule has 0 unspecified atom stereocenters. The maximum absolute atomic E-state index is 11.8. The van der Waals surface area contributed by atoms with Gasteiger partial charge in [0.1, 0.15) is 5.60 Å². The first-order chi connectivity index (χ1) is 9.69. The smallest absolute Gasteiger partial charge is 0.407 e. The summed E-state index contributed by atoms with van der Waals surface area (Å²) in [5, 5.41) is 5.53. The van der Waals surface area contributed by atoms with Gasteiger partial charge in [0.15, 0.2) is 0 Å². The van der Waals surface area contributed by atoms with Gasteiger partial charge >= 0.3 is 6.09 Å². The Hall–Kier alpha value is -1.95. The molecule has 2 amide bonds. The molecule has 7 heteroatoms. The maximum atomic E-state index is 11.8. The lowest BCUT2D eigenvalue weighted by molar-refractivity contribution is 0.0526. The SMILES string of the molecule is CC(C)(C)OC(=O)NCCNC(=O)c1ccc(N)c(Cl)c1. The average molecular weight is 314 g/mol. The van der Waals surface area contributed by atoms with Crippen molar-refractivity contribution in [3.05, 3.63) is 28.8 Å². The van der Waals surface area contributed by atoms with E-state index in [0.29, 0.717) is 16.3 Å². The topological polar surface area (TPSA) is 93.5 Å². The summed E-state index contributed by atoms with van der Waals surface area (Å²) in [6.07, 6.45) is -0.521. The van der Waals surface area contributed by atoms with E-state index in [0.717, 1.165) is 0 Å². The number of carbonyl (C=O) groups excluding carboxylic acids is 2. The molecule has 0 aliphatic carbocycles. The van der Waals surface area contributed by atoms with Crippen LogP contribution in [0.3, 0.4) is 0 Å². The van der Waals surface area contributed by atoms with Gasteiger partial charge in [0.05, 0.1) is 10.7 Å². The predicted molar refractivity (Wildman–Crippen MR) is 82.4 cm³/mol. The minimum atomic E-state index is -0.548. The predicted octanol–water partition coefficient (Wildman–Crippen LogP) is 2.18. The summed E-state index contributed by atoms with van der Waals surface area (Å²) >= 11 is 5.84. The van der Waals surface area contributed by atoms with E-state index in [4.69, 9.17) is 22.1 Å². The van der Waals surface area contributed by atoms with E-state index < -0.39 is 11.7 Å². The second-order valence-corrected chi connectivity index (χ2v) is 5.83. The summed E-state index contributed by atoms with van der Waals surface area (Å²) in [6, 6.07) is 4.64. The van der Waals surface area contributed by atoms with E-state index in [1.54, 1.807) is 32.9 Å². The number of rotatable bonds is 4. The first kappa shape index (κ1) is 17.1. The Morgan fingerprint density at radius 2 is 1.86 bits per heavy atom. The number of halogens is 1. The number of amides is 2. The Bertz CT molecular complexity index is 527. The Morgan fingerprint density at radius 3 is 2.43 bits per heavy atom. The lowest BCUT2D eigenvalue weighted by Crippen LogP contribution is -2.37. The second-order valence-electron chi connectivity index (χ2n) is 5.42. The molecule has 1 aromatic rings. The molecule has 4 N–H and O–H groups in total. The maximum Gasteiger partial charge on any atom is 0.407 e. The van der Waals surface area contributed by atoms with Crippen molar-refractivity contribution in [2.45, 2.75) is 26.4 Å². The molecule has 1 aromatic carbocycles. The zero-order valence-electron chi connectivity index (χ0n) is 12.3. The highest BCUT2D eigenvalue weighted by Gasteiger charge is 2.15. The highest BCUT2D eigenvalue weighted by molar-refractivity contribution is 6.33. The molecular weight excluding hydrogens is 294 g/mol. The molecule has 6 nitrogen and oxygen atoms in total. The van der Waals surface area contributed by atoms with E-state index in [-0.39, 0.29) is 19.0 Å². The van der Waals surface area contributed by atoms with Gasteiger partial charge in [-0.25, -0.2) is 4.79 Å². The van der Waals surface area contributed by atoms with Crippen LogP contribution in [0.15, 0.2) is 18.2 Å². The first-order valence-electron chi connectivity index (χ1n) is 6.49. The van der Waals surface area contributed by atoms with Crippen LogP contribution < -0.4 is 16.4 Å². The third-order valence-corrected chi connectivity index (χ3v) is 2.67. The van der Waals surface area contributed by atoms with Crippen molar-refractivity contribution in [3.63, 3.8) is 0 Å². The van der Waals surface area contributed by atoms with Crippen LogP contribution in [0.25, 0.3) is 0 Å². The van der Waals surface area contributed by atoms with Gasteiger partial charge in [-0.15, -0.1) is 0 Å². The normalized spacial score (nSPS) is 10.9. The van der Waals surface area contributed by atoms with Gasteiger partial charge in [-0.2, -0.15) is 0 Å². The molecule has 0 bridgehead atoms. The minimum absolute atomic E-state index is 0.267.